The Morgan fingerprint density at radius 3 is 2.06 bits per heavy atom. The second-order valence-corrected chi connectivity index (χ2v) is 6.01. The second-order valence-electron chi connectivity index (χ2n) is 4.10. The average molecular weight is 272 g/mol. The molecule has 2 aromatic heterocycles. The van der Waals surface area contributed by atoms with Crippen LogP contribution in [-0.4, -0.2) is 33.4 Å². The summed E-state index contributed by atoms with van der Waals surface area (Å²) in [6, 6.07) is 0. The van der Waals surface area contributed by atoms with E-state index in [0.717, 1.165) is 10.8 Å². The largest absolute Gasteiger partial charge is 0.332 e. The maximum absolute atomic E-state index is 11.9. The number of aryl methyl sites for hydroxylation is 2. The number of imidazole rings is 1. The molecule has 0 unspecified atom stereocenters. The van der Waals surface area contributed by atoms with Crippen molar-refractivity contribution < 1.29 is 8.42 Å². The Morgan fingerprint density at radius 2 is 1.56 bits per heavy atom. The molecule has 0 radical (unpaired) electrons. The summed E-state index contributed by atoms with van der Waals surface area (Å²) in [5.74, 6) is 0. The van der Waals surface area contributed by atoms with E-state index in [-0.39, 0.29) is 16.3 Å². The lowest BCUT2D eigenvalue weighted by molar-refractivity contribution is 0.585. The predicted molar refractivity (Wildman–Crippen MR) is 64.3 cm³/mol. The van der Waals surface area contributed by atoms with Crippen molar-refractivity contribution >= 4 is 21.0 Å². The van der Waals surface area contributed by atoms with Crippen LogP contribution >= 0.6 is 0 Å². The summed E-state index contributed by atoms with van der Waals surface area (Å²) in [4.78, 5) is 27.5. The molecule has 2 heterocycles. The van der Waals surface area contributed by atoms with Crippen LogP contribution in [0.5, 0.6) is 0 Å². The molecular weight excluding hydrogens is 260 g/mol. The minimum atomic E-state index is -3.57. The van der Waals surface area contributed by atoms with Crippen molar-refractivity contribution in [3.8, 4) is 0 Å². The van der Waals surface area contributed by atoms with Crippen molar-refractivity contribution in [3.05, 3.63) is 20.8 Å². The van der Waals surface area contributed by atoms with E-state index in [4.69, 9.17) is 0 Å². The molecule has 18 heavy (non-hydrogen) atoms. The Bertz CT molecular complexity index is 869. The van der Waals surface area contributed by atoms with Crippen molar-refractivity contribution in [2.24, 2.45) is 21.1 Å². The van der Waals surface area contributed by atoms with Gasteiger partial charge >= 0.3 is 5.69 Å². The third kappa shape index (κ3) is 1.50. The first-order valence-electron chi connectivity index (χ1n) is 4.98. The second kappa shape index (κ2) is 3.55. The lowest BCUT2D eigenvalue weighted by atomic mass is 10.5. The summed E-state index contributed by atoms with van der Waals surface area (Å²) in [6.45, 7) is 0. The summed E-state index contributed by atoms with van der Waals surface area (Å²) in [5, 5.41) is -0.240. The van der Waals surface area contributed by atoms with Crippen LogP contribution in [0.15, 0.2) is 14.7 Å². The lowest BCUT2D eigenvalue weighted by Crippen LogP contribution is -2.37. The van der Waals surface area contributed by atoms with E-state index < -0.39 is 21.1 Å². The van der Waals surface area contributed by atoms with E-state index in [2.05, 4.69) is 4.98 Å². The molecule has 0 aliphatic heterocycles. The SMILES string of the molecule is Cn1c(=O)c2nc(S(C)(=O)=O)n(C)c2n(C)c1=O. The first-order chi connectivity index (χ1) is 8.16. The van der Waals surface area contributed by atoms with Gasteiger partial charge in [-0.3, -0.25) is 13.9 Å². The lowest BCUT2D eigenvalue weighted by Gasteiger charge is -2.05. The fraction of sp³-hybridized carbons (Fsp3) is 0.444. The molecule has 0 N–H and O–H groups in total. The van der Waals surface area contributed by atoms with Crippen LogP contribution in [-0.2, 0) is 31.0 Å². The molecule has 0 atom stereocenters. The molecule has 0 aromatic carbocycles. The molecule has 0 saturated carbocycles. The van der Waals surface area contributed by atoms with E-state index >= 15 is 0 Å². The van der Waals surface area contributed by atoms with E-state index in [9.17, 15) is 18.0 Å². The van der Waals surface area contributed by atoms with E-state index in [1.807, 2.05) is 0 Å². The Labute approximate surface area is 102 Å². The van der Waals surface area contributed by atoms with Crippen LogP contribution in [0.2, 0.25) is 0 Å². The molecule has 0 amide bonds. The molecule has 98 valence electrons. The van der Waals surface area contributed by atoms with Crippen molar-refractivity contribution in [1.82, 2.24) is 18.7 Å². The summed E-state index contributed by atoms with van der Waals surface area (Å²) in [6.07, 6.45) is 0.997. The van der Waals surface area contributed by atoms with Crippen LogP contribution in [0.4, 0.5) is 0 Å². The third-order valence-electron chi connectivity index (χ3n) is 2.75. The molecular formula is C9H12N4O4S. The van der Waals surface area contributed by atoms with Crippen molar-refractivity contribution in [3.63, 3.8) is 0 Å². The zero-order chi connectivity index (χ0) is 13.8. The first kappa shape index (κ1) is 12.6. The molecule has 0 saturated heterocycles. The minimum absolute atomic E-state index is 0.0393. The number of fused-ring (bicyclic) bond motifs is 1. The minimum Gasteiger partial charge on any atom is -0.304 e. The Balaban J connectivity index is 3.19. The monoisotopic (exact) mass is 272 g/mol. The molecule has 8 nitrogen and oxygen atoms in total. The molecule has 0 spiro atoms. The van der Waals surface area contributed by atoms with Gasteiger partial charge in [-0.15, -0.1) is 0 Å². The zero-order valence-corrected chi connectivity index (χ0v) is 11.1. The number of sulfone groups is 1. The fourth-order valence-corrected chi connectivity index (χ4v) is 2.73. The molecule has 9 heteroatoms. The Hall–Kier alpha value is -1.90. The maximum Gasteiger partial charge on any atom is 0.332 e. The number of aromatic nitrogens is 4. The highest BCUT2D eigenvalue weighted by atomic mass is 32.2. The van der Waals surface area contributed by atoms with Gasteiger partial charge in [0.2, 0.25) is 15.0 Å². The normalized spacial score (nSPS) is 12.2. The standard InChI is InChI=1S/C9H12N4O4S/c1-11-6-5(10-8(11)18(4,16)17)7(14)13(3)9(15)12(6)2/h1-4H3. The summed E-state index contributed by atoms with van der Waals surface area (Å²) >= 11 is 0. The molecule has 2 rings (SSSR count). The first-order valence-corrected chi connectivity index (χ1v) is 6.88. The van der Waals surface area contributed by atoms with Gasteiger partial charge in [0.25, 0.3) is 5.56 Å². The number of nitrogens with zero attached hydrogens (tertiary/aromatic N) is 4. The Kier molecular flexibility index (Phi) is 2.47. The number of hydrogen-bond donors (Lipinski definition) is 0. The van der Waals surface area contributed by atoms with Gasteiger partial charge in [-0.2, -0.15) is 0 Å². The summed E-state index contributed by atoms with van der Waals surface area (Å²) < 4.78 is 26.4. The van der Waals surface area contributed by atoms with Gasteiger partial charge in [0.05, 0.1) is 0 Å². The average Bonchev–Trinajstić information content (AvgIpc) is 2.61. The van der Waals surface area contributed by atoms with Crippen molar-refractivity contribution in [1.29, 1.82) is 0 Å². The topological polar surface area (TPSA) is 96.0 Å². The third-order valence-corrected chi connectivity index (χ3v) is 3.78. The highest BCUT2D eigenvalue weighted by Crippen LogP contribution is 2.13. The maximum atomic E-state index is 11.9. The van der Waals surface area contributed by atoms with Gasteiger partial charge in [0, 0.05) is 27.4 Å². The van der Waals surface area contributed by atoms with Crippen LogP contribution in [0, 0.1) is 0 Å². The molecule has 0 aliphatic rings. The summed E-state index contributed by atoms with van der Waals surface area (Å²) in [5.41, 5.74) is -1.000. The number of rotatable bonds is 1. The van der Waals surface area contributed by atoms with E-state index in [0.29, 0.717) is 0 Å². The van der Waals surface area contributed by atoms with Gasteiger partial charge in [-0.05, 0) is 0 Å². The van der Waals surface area contributed by atoms with Crippen LogP contribution in [0.25, 0.3) is 11.2 Å². The highest BCUT2D eigenvalue weighted by molar-refractivity contribution is 7.90. The Morgan fingerprint density at radius 1 is 1.00 bits per heavy atom. The highest BCUT2D eigenvalue weighted by Gasteiger charge is 2.22. The van der Waals surface area contributed by atoms with Crippen LogP contribution < -0.4 is 11.2 Å². The predicted octanol–water partition coefficient (Wildman–Crippen LogP) is -1.63. The van der Waals surface area contributed by atoms with Crippen molar-refractivity contribution in [2.45, 2.75) is 5.16 Å². The van der Waals surface area contributed by atoms with E-state index in [1.165, 1.54) is 30.3 Å². The quantitative estimate of drug-likeness (QED) is 0.621. The molecule has 0 bridgehead atoms. The van der Waals surface area contributed by atoms with Gasteiger partial charge in [0.1, 0.15) is 0 Å². The smallest absolute Gasteiger partial charge is 0.304 e. The van der Waals surface area contributed by atoms with Gasteiger partial charge in [0.15, 0.2) is 11.2 Å². The van der Waals surface area contributed by atoms with Gasteiger partial charge in [-0.25, -0.2) is 18.2 Å². The number of hydrogen-bond acceptors (Lipinski definition) is 5. The summed E-state index contributed by atoms with van der Waals surface area (Å²) in [7, 11) is 0.657. The fourth-order valence-electron chi connectivity index (χ4n) is 1.89. The molecule has 0 aliphatic carbocycles. The van der Waals surface area contributed by atoms with E-state index in [1.54, 1.807) is 0 Å². The van der Waals surface area contributed by atoms with Gasteiger partial charge < -0.3 is 4.57 Å². The molecule has 0 fully saturated rings. The van der Waals surface area contributed by atoms with Crippen LogP contribution in [0.3, 0.4) is 0 Å². The molecule has 2 aromatic rings. The van der Waals surface area contributed by atoms with Gasteiger partial charge in [-0.1, -0.05) is 0 Å². The van der Waals surface area contributed by atoms with Crippen LogP contribution in [0.1, 0.15) is 0 Å². The zero-order valence-electron chi connectivity index (χ0n) is 10.3. The van der Waals surface area contributed by atoms with Crippen molar-refractivity contribution in [2.75, 3.05) is 6.26 Å².